The minimum absolute atomic E-state index is 0.326. The highest BCUT2D eigenvalue weighted by molar-refractivity contribution is 5.87. The molecule has 0 unspecified atom stereocenters. The number of hydrogen-bond donors (Lipinski definition) is 2. The summed E-state index contributed by atoms with van der Waals surface area (Å²) in [5.41, 5.74) is 2.07. The van der Waals surface area contributed by atoms with E-state index in [1.807, 2.05) is 24.3 Å². The quantitative estimate of drug-likeness (QED) is 0.861. The molecule has 2 N–H and O–H groups in total. The number of hydrogen-bond acceptors (Lipinski definition) is 4. The number of aryl methyl sites for hydroxylation is 1. The van der Waals surface area contributed by atoms with Crippen LogP contribution in [0.25, 0.3) is 0 Å². The van der Waals surface area contributed by atoms with Crippen LogP contribution in [0.5, 0.6) is 0 Å². The summed E-state index contributed by atoms with van der Waals surface area (Å²) in [5, 5.41) is 9.27. The summed E-state index contributed by atoms with van der Waals surface area (Å²) in [6.45, 7) is 0.936. The van der Waals surface area contributed by atoms with Gasteiger partial charge in [0.05, 0.1) is 6.61 Å². The van der Waals surface area contributed by atoms with Gasteiger partial charge in [-0.25, -0.2) is 9.48 Å². The first-order chi connectivity index (χ1) is 9.70. The number of benzene rings is 1. The van der Waals surface area contributed by atoms with Crippen molar-refractivity contribution in [2.45, 2.75) is 13.2 Å². The number of aromatic nitrogens is 3. The smallest absolute Gasteiger partial charge is 0.321 e. The van der Waals surface area contributed by atoms with Crippen LogP contribution in [0.15, 0.2) is 30.6 Å². The monoisotopic (exact) mass is 275 g/mol. The Hall–Kier alpha value is -2.41. The molecule has 0 aliphatic carbocycles. The number of nitrogens with zero attached hydrogens (tertiary/aromatic N) is 3. The zero-order valence-electron chi connectivity index (χ0n) is 11.5. The van der Waals surface area contributed by atoms with Crippen LogP contribution in [0.1, 0.15) is 11.1 Å². The summed E-state index contributed by atoms with van der Waals surface area (Å²) >= 11 is 0. The Morgan fingerprint density at radius 2 is 2.10 bits per heavy atom. The van der Waals surface area contributed by atoms with Gasteiger partial charge >= 0.3 is 6.03 Å². The normalized spacial score (nSPS) is 10.3. The van der Waals surface area contributed by atoms with E-state index in [1.54, 1.807) is 14.2 Å². The predicted molar refractivity (Wildman–Crippen MR) is 74.0 cm³/mol. The molecule has 0 radical (unpaired) electrons. The Labute approximate surface area is 117 Å². The van der Waals surface area contributed by atoms with Gasteiger partial charge in [0.1, 0.15) is 6.33 Å². The van der Waals surface area contributed by atoms with E-state index in [0.29, 0.717) is 19.1 Å². The third kappa shape index (κ3) is 3.55. The fraction of sp³-hybridized carbons (Fsp3) is 0.308. The molecule has 7 nitrogen and oxygen atoms in total. The lowest BCUT2D eigenvalue weighted by atomic mass is 10.1. The second kappa shape index (κ2) is 6.67. The van der Waals surface area contributed by atoms with E-state index >= 15 is 0 Å². The maximum absolute atomic E-state index is 11.8. The van der Waals surface area contributed by atoms with Crippen LogP contribution in [0.3, 0.4) is 0 Å². The van der Waals surface area contributed by atoms with Crippen LogP contribution < -0.4 is 10.6 Å². The molecule has 2 amide bonds. The van der Waals surface area contributed by atoms with Crippen molar-refractivity contribution >= 4 is 12.0 Å². The molecule has 0 aliphatic rings. The van der Waals surface area contributed by atoms with Crippen molar-refractivity contribution in [3.8, 4) is 0 Å². The van der Waals surface area contributed by atoms with Gasteiger partial charge in [0.15, 0.2) is 0 Å². The lowest BCUT2D eigenvalue weighted by molar-refractivity contribution is 0.184. The van der Waals surface area contributed by atoms with Crippen molar-refractivity contribution in [2.24, 2.45) is 7.05 Å². The molecule has 0 saturated heterocycles. The Morgan fingerprint density at radius 1 is 1.35 bits per heavy atom. The Kier molecular flexibility index (Phi) is 4.67. The third-order valence-corrected chi connectivity index (χ3v) is 2.79. The van der Waals surface area contributed by atoms with Crippen molar-refractivity contribution in [2.75, 3.05) is 12.4 Å². The second-order valence-corrected chi connectivity index (χ2v) is 4.22. The Morgan fingerprint density at radius 3 is 2.75 bits per heavy atom. The molecule has 2 rings (SSSR count). The summed E-state index contributed by atoms with van der Waals surface area (Å²) in [5.74, 6) is 0.396. The van der Waals surface area contributed by atoms with E-state index in [2.05, 4.69) is 20.7 Å². The van der Waals surface area contributed by atoms with Gasteiger partial charge < -0.3 is 10.1 Å². The summed E-state index contributed by atoms with van der Waals surface area (Å²) in [7, 11) is 3.35. The summed E-state index contributed by atoms with van der Waals surface area (Å²) in [6, 6.07) is 7.47. The number of carbonyl (C=O) groups excluding carboxylic acids is 1. The third-order valence-electron chi connectivity index (χ3n) is 2.79. The number of anilines is 1. The van der Waals surface area contributed by atoms with Crippen molar-refractivity contribution in [1.29, 1.82) is 0 Å². The molecule has 106 valence electrons. The number of ether oxygens (including phenoxy) is 1. The van der Waals surface area contributed by atoms with Gasteiger partial charge in [-0.15, -0.1) is 0 Å². The topological polar surface area (TPSA) is 81.1 Å². The second-order valence-electron chi connectivity index (χ2n) is 4.22. The van der Waals surface area contributed by atoms with Crippen LogP contribution in [0.4, 0.5) is 10.7 Å². The largest absolute Gasteiger partial charge is 0.380 e. The molecule has 1 aromatic carbocycles. The van der Waals surface area contributed by atoms with Crippen LogP contribution in [-0.2, 0) is 24.9 Å². The van der Waals surface area contributed by atoms with Gasteiger partial charge in [0.2, 0.25) is 5.95 Å². The molecular weight excluding hydrogens is 258 g/mol. The Bertz CT molecular complexity index is 582. The van der Waals surface area contributed by atoms with Crippen molar-refractivity contribution in [1.82, 2.24) is 20.1 Å². The average Bonchev–Trinajstić information content (AvgIpc) is 2.84. The van der Waals surface area contributed by atoms with E-state index < -0.39 is 0 Å². The molecular formula is C13H17N5O2. The van der Waals surface area contributed by atoms with Crippen LogP contribution >= 0.6 is 0 Å². The van der Waals surface area contributed by atoms with Gasteiger partial charge in [-0.2, -0.15) is 10.1 Å². The first-order valence-electron chi connectivity index (χ1n) is 6.15. The SMILES string of the molecule is COCc1ccccc1CNC(=O)Nc1ncnn1C. The van der Waals surface area contributed by atoms with Crippen molar-refractivity contribution in [3.05, 3.63) is 41.7 Å². The van der Waals surface area contributed by atoms with Crippen LogP contribution in [-0.4, -0.2) is 27.9 Å². The van der Waals surface area contributed by atoms with E-state index in [1.165, 1.54) is 11.0 Å². The molecule has 1 heterocycles. The van der Waals surface area contributed by atoms with E-state index in [0.717, 1.165) is 11.1 Å². The van der Waals surface area contributed by atoms with Crippen LogP contribution in [0, 0.1) is 0 Å². The average molecular weight is 275 g/mol. The molecule has 20 heavy (non-hydrogen) atoms. The highest BCUT2D eigenvalue weighted by atomic mass is 16.5. The maximum Gasteiger partial charge on any atom is 0.321 e. The molecule has 0 aliphatic heterocycles. The van der Waals surface area contributed by atoms with Gasteiger partial charge in [-0.3, -0.25) is 5.32 Å². The number of methoxy groups -OCH3 is 1. The highest BCUT2D eigenvalue weighted by Crippen LogP contribution is 2.09. The molecule has 0 fully saturated rings. The van der Waals surface area contributed by atoms with E-state index in [-0.39, 0.29) is 6.03 Å². The molecule has 0 spiro atoms. The van der Waals surface area contributed by atoms with Gasteiger partial charge in [-0.1, -0.05) is 24.3 Å². The summed E-state index contributed by atoms with van der Waals surface area (Å²) in [6.07, 6.45) is 1.38. The zero-order valence-corrected chi connectivity index (χ0v) is 11.5. The van der Waals surface area contributed by atoms with Crippen molar-refractivity contribution in [3.63, 3.8) is 0 Å². The predicted octanol–water partition coefficient (Wildman–Crippen LogP) is 1.28. The van der Waals surface area contributed by atoms with E-state index in [4.69, 9.17) is 4.74 Å². The fourth-order valence-corrected chi connectivity index (χ4v) is 1.76. The molecule has 0 atom stereocenters. The number of amides is 2. The fourth-order valence-electron chi connectivity index (χ4n) is 1.76. The zero-order chi connectivity index (χ0) is 14.4. The first kappa shape index (κ1) is 14.0. The van der Waals surface area contributed by atoms with Crippen molar-refractivity contribution < 1.29 is 9.53 Å². The maximum atomic E-state index is 11.8. The van der Waals surface area contributed by atoms with Crippen LogP contribution in [0.2, 0.25) is 0 Å². The number of nitrogens with one attached hydrogen (secondary N) is 2. The van der Waals surface area contributed by atoms with Gasteiger partial charge in [-0.05, 0) is 11.1 Å². The number of rotatable bonds is 5. The van der Waals surface area contributed by atoms with Gasteiger partial charge in [0, 0.05) is 20.7 Å². The summed E-state index contributed by atoms with van der Waals surface area (Å²) in [4.78, 5) is 15.7. The summed E-state index contributed by atoms with van der Waals surface area (Å²) < 4.78 is 6.61. The standard InChI is InChI=1S/C13H17N5O2/c1-18-12(15-9-16-18)17-13(19)14-7-10-5-3-4-6-11(10)8-20-2/h3-6,9H,7-8H2,1-2H3,(H2,14,15,16,17,19). The lowest BCUT2D eigenvalue weighted by Gasteiger charge is -2.10. The minimum Gasteiger partial charge on any atom is -0.380 e. The Balaban J connectivity index is 1.92. The molecule has 7 heteroatoms. The first-order valence-corrected chi connectivity index (χ1v) is 6.15. The highest BCUT2D eigenvalue weighted by Gasteiger charge is 2.07. The number of urea groups is 1. The van der Waals surface area contributed by atoms with E-state index in [9.17, 15) is 4.79 Å². The molecule has 2 aromatic rings. The number of carbonyl (C=O) groups is 1. The lowest BCUT2D eigenvalue weighted by Crippen LogP contribution is -2.29. The molecule has 1 aromatic heterocycles. The molecule has 0 bridgehead atoms. The van der Waals surface area contributed by atoms with Gasteiger partial charge in [0.25, 0.3) is 0 Å². The molecule has 0 saturated carbocycles. The minimum atomic E-state index is -0.326.